The molecule has 0 bridgehead atoms. The molecular formula is C13H12F3NOS. The van der Waals surface area contributed by atoms with Crippen molar-refractivity contribution in [2.45, 2.75) is 12.7 Å². The maximum Gasteiger partial charge on any atom is 0.422 e. The standard InChI is InChI=1S/C13H12F3NOS/c14-13(15,16)9-18-12-3-1-11(2-4-12)17-7-10-5-6-19-8-10/h1-6,8,17H,7,9H2. The largest absolute Gasteiger partial charge is 0.484 e. The molecule has 2 rings (SSSR count). The van der Waals surface area contributed by atoms with E-state index in [2.05, 4.69) is 10.1 Å². The molecule has 1 aromatic heterocycles. The molecule has 0 unspecified atom stereocenters. The zero-order valence-corrected chi connectivity index (χ0v) is 10.7. The molecule has 0 aliphatic carbocycles. The van der Waals surface area contributed by atoms with Crippen LogP contribution in [0.25, 0.3) is 0 Å². The summed E-state index contributed by atoms with van der Waals surface area (Å²) in [5.74, 6) is 0.207. The normalized spacial score (nSPS) is 11.3. The Labute approximate surface area is 112 Å². The van der Waals surface area contributed by atoms with Crippen LogP contribution in [-0.2, 0) is 6.54 Å². The SMILES string of the molecule is FC(F)(F)COc1ccc(NCc2ccsc2)cc1. The second-order valence-electron chi connectivity index (χ2n) is 3.91. The van der Waals surface area contributed by atoms with Crippen molar-refractivity contribution in [3.05, 3.63) is 46.7 Å². The summed E-state index contributed by atoms with van der Waals surface area (Å²) in [5, 5.41) is 7.20. The summed E-state index contributed by atoms with van der Waals surface area (Å²) >= 11 is 1.62. The minimum atomic E-state index is -4.31. The first-order chi connectivity index (χ1) is 9.03. The number of hydrogen-bond donors (Lipinski definition) is 1. The summed E-state index contributed by atoms with van der Waals surface area (Å²) in [5.41, 5.74) is 2.01. The van der Waals surface area contributed by atoms with Crippen molar-refractivity contribution in [1.82, 2.24) is 0 Å². The van der Waals surface area contributed by atoms with Gasteiger partial charge in [-0.15, -0.1) is 0 Å². The summed E-state index contributed by atoms with van der Waals surface area (Å²) in [6, 6.07) is 8.43. The second kappa shape index (κ2) is 5.97. The van der Waals surface area contributed by atoms with Gasteiger partial charge >= 0.3 is 6.18 Å². The Morgan fingerprint density at radius 3 is 2.42 bits per heavy atom. The lowest BCUT2D eigenvalue weighted by Crippen LogP contribution is -2.19. The van der Waals surface area contributed by atoms with Gasteiger partial charge < -0.3 is 10.1 Å². The quantitative estimate of drug-likeness (QED) is 0.885. The number of anilines is 1. The summed E-state index contributed by atoms with van der Waals surface area (Å²) in [6.07, 6.45) is -4.31. The van der Waals surface area contributed by atoms with Gasteiger partial charge in [0.1, 0.15) is 5.75 Å². The van der Waals surface area contributed by atoms with Crippen LogP contribution >= 0.6 is 11.3 Å². The molecule has 1 N–H and O–H groups in total. The molecule has 0 saturated carbocycles. The van der Waals surface area contributed by atoms with E-state index in [4.69, 9.17) is 0 Å². The summed E-state index contributed by atoms with van der Waals surface area (Å²) in [4.78, 5) is 0. The van der Waals surface area contributed by atoms with Gasteiger partial charge in [-0.25, -0.2) is 0 Å². The van der Waals surface area contributed by atoms with Gasteiger partial charge in [-0.05, 0) is 46.7 Å². The molecule has 2 nitrogen and oxygen atoms in total. The van der Waals surface area contributed by atoms with Gasteiger partial charge in [0.05, 0.1) is 0 Å². The predicted molar refractivity (Wildman–Crippen MR) is 69.6 cm³/mol. The van der Waals surface area contributed by atoms with Crippen LogP contribution in [0.15, 0.2) is 41.1 Å². The molecule has 0 radical (unpaired) electrons. The summed E-state index contributed by atoms with van der Waals surface area (Å²) in [7, 11) is 0. The first-order valence-electron chi connectivity index (χ1n) is 5.57. The fourth-order valence-electron chi connectivity index (χ4n) is 1.43. The van der Waals surface area contributed by atoms with Crippen molar-refractivity contribution in [1.29, 1.82) is 0 Å². The molecule has 102 valence electrons. The molecule has 0 saturated heterocycles. The Morgan fingerprint density at radius 1 is 1.11 bits per heavy atom. The molecule has 19 heavy (non-hydrogen) atoms. The third-order valence-electron chi connectivity index (χ3n) is 2.33. The van der Waals surface area contributed by atoms with Crippen molar-refractivity contribution >= 4 is 17.0 Å². The zero-order valence-electron chi connectivity index (χ0n) is 9.91. The third kappa shape index (κ3) is 4.82. The van der Waals surface area contributed by atoms with Crippen molar-refractivity contribution in [3.8, 4) is 5.75 Å². The fourth-order valence-corrected chi connectivity index (χ4v) is 2.10. The van der Waals surface area contributed by atoms with Crippen LogP contribution in [0, 0.1) is 0 Å². The van der Waals surface area contributed by atoms with Crippen molar-refractivity contribution in [2.75, 3.05) is 11.9 Å². The summed E-state index contributed by atoms with van der Waals surface area (Å²) < 4.78 is 40.5. The van der Waals surface area contributed by atoms with E-state index in [1.54, 1.807) is 23.5 Å². The summed E-state index contributed by atoms with van der Waals surface area (Å²) in [6.45, 7) is -0.582. The van der Waals surface area contributed by atoms with Gasteiger partial charge in [-0.3, -0.25) is 0 Å². The van der Waals surface area contributed by atoms with Crippen LogP contribution in [0.3, 0.4) is 0 Å². The number of rotatable bonds is 5. The van der Waals surface area contributed by atoms with Crippen LogP contribution in [-0.4, -0.2) is 12.8 Å². The minimum absolute atomic E-state index is 0.207. The molecule has 0 aliphatic heterocycles. The van der Waals surface area contributed by atoms with E-state index in [9.17, 15) is 13.2 Å². The number of halogens is 3. The van der Waals surface area contributed by atoms with Crippen molar-refractivity contribution in [2.24, 2.45) is 0 Å². The van der Waals surface area contributed by atoms with Crippen LogP contribution in [0.5, 0.6) is 5.75 Å². The molecule has 0 fully saturated rings. The lowest BCUT2D eigenvalue weighted by atomic mass is 10.3. The number of benzene rings is 1. The Morgan fingerprint density at radius 2 is 1.84 bits per heavy atom. The first-order valence-corrected chi connectivity index (χ1v) is 6.52. The van der Waals surface area contributed by atoms with E-state index in [1.807, 2.05) is 16.8 Å². The van der Waals surface area contributed by atoms with Crippen LogP contribution in [0.2, 0.25) is 0 Å². The van der Waals surface area contributed by atoms with Crippen molar-refractivity contribution < 1.29 is 17.9 Å². The number of nitrogens with one attached hydrogen (secondary N) is 1. The van der Waals surface area contributed by atoms with E-state index in [1.165, 1.54) is 17.7 Å². The van der Waals surface area contributed by atoms with E-state index < -0.39 is 12.8 Å². The Hall–Kier alpha value is -1.69. The number of ether oxygens (including phenoxy) is 1. The van der Waals surface area contributed by atoms with Crippen LogP contribution in [0.4, 0.5) is 18.9 Å². The van der Waals surface area contributed by atoms with Crippen LogP contribution < -0.4 is 10.1 Å². The highest BCUT2D eigenvalue weighted by Gasteiger charge is 2.28. The Balaban J connectivity index is 1.84. The van der Waals surface area contributed by atoms with E-state index in [-0.39, 0.29) is 5.75 Å². The van der Waals surface area contributed by atoms with Gasteiger partial charge in [-0.2, -0.15) is 24.5 Å². The van der Waals surface area contributed by atoms with E-state index in [0.29, 0.717) is 6.54 Å². The maximum absolute atomic E-state index is 12.0. The van der Waals surface area contributed by atoms with E-state index in [0.717, 1.165) is 5.69 Å². The molecule has 2 aromatic rings. The minimum Gasteiger partial charge on any atom is -0.484 e. The average Bonchev–Trinajstić information content (AvgIpc) is 2.87. The Bertz CT molecular complexity index is 494. The molecule has 0 aliphatic rings. The van der Waals surface area contributed by atoms with Crippen LogP contribution in [0.1, 0.15) is 5.56 Å². The Kier molecular flexibility index (Phi) is 4.31. The van der Waals surface area contributed by atoms with Gasteiger partial charge in [0.25, 0.3) is 0 Å². The second-order valence-corrected chi connectivity index (χ2v) is 4.69. The van der Waals surface area contributed by atoms with Gasteiger partial charge in [0.2, 0.25) is 0 Å². The van der Waals surface area contributed by atoms with E-state index >= 15 is 0 Å². The highest BCUT2D eigenvalue weighted by atomic mass is 32.1. The maximum atomic E-state index is 12.0. The first kappa shape index (κ1) is 13.7. The number of hydrogen-bond acceptors (Lipinski definition) is 3. The lowest BCUT2D eigenvalue weighted by Gasteiger charge is -2.10. The topological polar surface area (TPSA) is 21.3 Å². The molecule has 1 aromatic carbocycles. The predicted octanol–water partition coefficient (Wildman–Crippen LogP) is 4.30. The third-order valence-corrected chi connectivity index (χ3v) is 3.07. The molecule has 0 spiro atoms. The molecular weight excluding hydrogens is 275 g/mol. The van der Waals surface area contributed by atoms with Gasteiger partial charge in [0.15, 0.2) is 6.61 Å². The zero-order chi connectivity index (χ0) is 13.7. The number of alkyl halides is 3. The highest BCUT2D eigenvalue weighted by Crippen LogP contribution is 2.20. The fraction of sp³-hybridized carbons (Fsp3) is 0.231. The van der Waals surface area contributed by atoms with Gasteiger partial charge in [-0.1, -0.05) is 0 Å². The monoisotopic (exact) mass is 287 g/mol. The molecule has 0 atom stereocenters. The molecule has 6 heteroatoms. The average molecular weight is 287 g/mol. The lowest BCUT2D eigenvalue weighted by molar-refractivity contribution is -0.153. The smallest absolute Gasteiger partial charge is 0.422 e. The van der Waals surface area contributed by atoms with Crippen molar-refractivity contribution in [3.63, 3.8) is 0 Å². The van der Waals surface area contributed by atoms with Gasteiger partial charge in [0, 0.05) is 12.2 Å². The number of thiophene rings is 1. The molecule has 0 amide bonds. The molecule has 1 heterocycles. The highest BCUT2D eigenvalue weighted by molar-refractivity contribution is 7.07.